The summed E-state index contributed by atoms with van der Waals surface area (Å²) in [6, 6.07) is 9.93. The molecule has 0 spiro atoms. The Morgan fingerprint density at radius 3 is 2.66 bits per heavy atom. The van der Waals surface area contributed by atoms with E-state index >= 15 is 0 Å². The second-order valence-corrected chi connectivity index (χ2v) is 8.17. The van der Waals surface area contributed by atoms with E-state index in [4.69, 9.17) is 0 Å². The van der Waals surface area contributed by atoms with Crippen molar-refractivity contribution in [3.63, 3.8) is 0 Å². The van der Waals surface area contributed by atoms with Crippen LogP contribution in [0.4, 0.5) is 23.4 Å². The standard InChI is InChI=1S/C23H20F4N4O/c24-16-4-1-3-15(21(16)17-5-2-10-28-17)22(32)31-14-7-8-19(31)18(11-14)30-20-9-6-13(12-29-20)23(25,26)27/h1-6,9-10,12,14,18-19,28H,7-8,11H2,(H,29,30)/t14-,18-,19+/m1/s1. The monoisotopic (exact) mass is 444 g/mol. The molecule has 2 N–H and O–H groups in total. The molecule has 5 nitrogen and oxygen atoms in total. The highest BCUT2D eigenvalue weighted by molar-refractivity contribution is 6.01. The molecule has 0 radical (unpaired) electrons. The van der Waals surface area contributed by atoms with Crippen molar-refractivity contribution in [3.8, 4) is 11.3 Å². The van der Waals surface area contributed by atoms with Crippen molar-refractivity contribution >= 4 is 11.7 Å². The van der Waals surface area contributed by atoms with Gasteiger partial charge in [-0.25, -0.2) is 9.37 Å². The summed E-state index contributed by atoms with van der Waals surface area (Å²) in [7, 11) is 0. The third-order valence-electron chi connectivity index (χ3n) is 6.31. The number of H-pyrrole nitrogens is 1. The number of alkyl halides is 3. The third kappa shape index (κ3) is 3.51. The molecule has 2 saturated heterocycles. The maximum Gasteiger partial charge on any atom is 0.417 e. The normalized spacial score (nSPS) is 22.4. The molecule has 4 heterocycles. The SMILES string of the molecule is O=C(c1cccc(F)c1-c1ccc[nH]1)N1[C@@H]2CC[C@H]1[C@H](Nc1ccc(C(F)(F)F)cn1)C2. The van der Waals surface area contributed by atoms with Crippen molar-refractivity contribution in [2.75, 3.05) is 5.32 Å². The summed E-state index contributed by atoms with van der Waals surface area (Å²) in [4.78, 5) is 22.2. The number of rotatable bonds is 4. The lowest BCUT2D eigenvalue weighted by atomic mass is 9.95. The summed E-state index contributed by atoms with van der Waals surface area (Å²) in [6.07, 6.45) is 0.291. The number of hydrogen-bond acceptors (Lipinski definition) is 3. The van der Waals surface area contributed by atoms with E-state index < -0.39 is 17.6 Å². The van der Waals surface area contributed by atoms with Gasteiger partial charge in [0.25, 0.3) is 5.91 Å². The number of benzene rings is 1. The highest BCUT2D eigenvalue weighted by Crippen LogP contribution is 2.41. The Morgan fingerprint density at radius 1 is 1.12 bits per heavy atom. The minimum Gasteiger partial charge on any atom is -0.365 e. The van der Waals surface area contributed by atoms with Crippen LogP contribution in [-0.4, -0.2) is 38.9 Å². The number of nitrogens with one attached hydrogen (secondary N) is 2. The summed E-state index contributed by atoms with van der Waals surface area (Å²) >= 11 is 0. The van der Waals surface area contributed by atoms with E-state index in [2.05, 4.69) is 15.3 Å². The van der Waals surface area contributed by atoms with E-state index in [0.717, 1.165) is 25.1 Å². The van der Waals surface area contributed by atoms with Gasteiger partial charge in [0.1, 0.15) is 11.6 Å². The first-order chi connectivity index (χ1) is 15.3. The van der Waals surface area contributed by atoms with Gasteiger partial charge in [-0.1, -0.05) is 6.07 Å². The van der Waals surface area contributed by atoms with Gasteiger partial charge < -0.3 is 15.2 Å². The van der Waals surface area contributed by atoms with Gasteiger partial charge in [0.15, 0.2) is 0 Å². The van der Waals surface area contributed by atoms with Gasteiger partial charge >= 0.3 is 6.18 Å². The first kappa shape index (κ1) is 20.5. The number of aromatic nitrogens is 2. The number of fused-ring (bicyclic) bond motifs is 2. The Morgan fingerprint density at radius 2 is 1.97 bits per heavy atom. The van der Waals surface area contributed by atoms with E-state index in [-0.39, 0.29) is 35.2 Å². The fourth-order valence-electron chi connectivity index (χ4n) is 4.90. The molecule has 3 atom stereocenters. The fraction of sp³-hybridized carbons (Fsp3) is 0.304. The highest BCUT2D eigenvalue weighted by atomic mass is 19.4. The molecule has 32 heavy (non-hydrogen) atoms. The molecule has 1 aromatic carbocycles. The van der Waals surface area contributed by atoms with Crippen LogP contribution in [0.3, 0.4) is 0 Å². The Bertz CT molecular complexity index is 1130. The van der Waals surface area contributed by atoms with Crippen LogP contribution in [0.15, 0.2) is 54.9 Å². The van der Waals surface area contributed by atoms with E-state index in [1.807, 2.05) is 0 Å². The molecule has 0 unspecified atom stereocenters. The number of aromatic amines is 1. The first-order valence-corrected chi connectivity index (χ1v) is 10.4. The fourth-order valence-corrected chi connectivity index (χ4v) is 4.90. The Labute approximate surface area is 181 Å². The number of nitrogens with zero attached hydrogens (tertiary/aromatic N) is 2. The van der Waals surface area contributed by atoms with E-state index in [0.29, 0.717) is 17.9 Å². The molecule has 2 aliphatic rings. The van der Waals surface area contributed by atoms with Crippen LogP contribution in [0.2, 0.25) is 0 Å². The van der Waals surface area contributed by atoms with Gasteiger partial charge in [0.05, 0.1) is 17.2 Å². The molecular formula is C23H20F4N4O. The van der Waals surface area contributed by atoms with Crippen LogP contribution in [0.5, 0.6) is 0 Å². The lowest BCUT2D eigenvalue weighted by molar-refractivity contribution is -0.137. The summed E-state index contributed by atoms with van der Waals surface area (Å²) in [5.74, 6) is -0.388. The van der Waals surface area contributed by atoms with E-state index in [9.17, 15) is 22.4 Å². The average molecular weight is 444 g/mol. The van der Waals surface area contributed by atoms with Gasteiger partial charge in [-0.2, -0.15) is 13.2 Å². The minimum absolute atomic E-state index is 0.0146. The molecule has 5 rings (SSSR count). The highest BCUT2D eigenvalue weighted by Gasteiger charge is 2.49. The smallest absolute Gasteiger partial charge is 0.365 e. The number of halogens is 4. The zero-order valence-corrected chi connectivity index (χ0v) is 16.9. The first-order valence-electron chi connectivity index (χ1n) is 10.4. The van der Waals surface area contributed by atoms with Crippen LogP contribution < -0.4 is 5.32 Å². The second-order valence-electron chi connectivity index (χ2n) is 8.17. The predicted molar refractivity (Wildman–Crippen MR) is 110 cm³/mol. The largest absolute Gasteiger partial charge is 0.417 e. The Hall–Kier alpha value is -3.36. The third-order valence-corrected chi connectivity index (χ3v) is 6.31. The van der Waals surface area contributed by atoms with Crippen LogP contribution in [-0.2, 0) is 6.18 Å². The van der Waals surface area contributed by atoms with Gasteiger partial charge in [0, 0.05) is 35.7 Å². The molecule has 3 aromatic rings. The molecule has 0 aliphatic carbocycles. The molecule has 2 aliphatic heterocycles. The summed E-state index contributed by atoms with van der Waals surface area (Å²) in [5, 5.41) is 3.19. The van der Waals surface area contributed by atoms with Crippen molar-refractivity contribution in [2.24, 2.45) is 0 Å². The second kappa shape index (κ2) is 7.65. The number of carbonyl (C=O) groups is 1. The zero-order chi connectivity index (χ0) is 22.5. The van der Waals surface area contributed by atoms with Gasteiger partial charge in [-0.3, -0.25) is 4.79 Å². The van der Waals surface area contributed by atoms with Gasteiger partial charge in [-0.15, -0.1) is 0 Å². The average Bonchev–Trinajstić information content (AvgIpc) is 3.49. The van der Waals surface area contributed by atoms with Crippen molar-refractivity contribution in [1.82, 2.24) is 14.9 Å². The lowest BCUT2D eigenvalue weighted by Gasteiger charge is -2.26. The molecule has 9 heteroatoms. The maximum atomic E-state index is 14.7. The van der Waals surface area contributed by atoms with Gasteiger partial charge in [-0.05, 0) is 55.7 Å². The molecule has 0 saturated carbocycles. The Balaban J connectivity index is 1.38. The zero-order valence-electron chi connectivity index (χ0n) is 16.9. The quantitative estimate of drug-likeness (QED) is 0.551. The summed E-state index contributed by atoms with van der Waals surface area (Å²) in [5.41, 5.74) is 0.248. The molecule has 166 valence electrons. The predicted octanol–water partition coefficient (Wildman–Crippen LogP) is 5.09. The van der Waals surface area contributed by atoms with E-state index in [1.165, 1.54) is 18.2 Å². The number of anilines is 1. The van der Waals surface area contributed by atoms with Crippen LogP contribution in [0, 0.1) is 5.82 Å². The molecule has 1 amide bonds. The number of hydrogen-bond donors (Lipinski definition) is 2. The van der Waals surface area contributed by atoms with Gasteiger partial charge in [0.2, 0.25) is 0 Å². The molecule has 2 aromatic heterocycles. The summed E-state index contributed by atoms with van der Waals surface area (Å²) in [6.45, 7) is 0. The lowest BCUT2D eigenvalue weighted by Crippen LogP contribution is -2.40. The maximum absolute atomic E-state index is 14.7. The molecule has 2 fully saturated rings. The van der Waals surface area contributed by atoms with Crippen molar-refractivity contribution in [2.45, 2.75) is 43.6 Å². The van der Waals surface area contributed by atoms with Crippen molar-refractivity contribution < 1.29 is 22.4 Å². The summed E-state index contributed by atoms with van der Waals surface area (Å²) < 4.78 is 53.0. The van der Waals surface area contributed by atoms with Crippen molar-refractivity contribution in [3.05, 3.63) is 71.8 Å². The van der Waals surface area contributed by atoms with Crippen LogP contribution in [0.1, 0.15) is 35.2 Å². The molecule has 2 bridgehead atoms. The minimum atomic E-state index is -4.44. The number of carbonyl (C=O) groups excluding carboxylic acids is 1. The molecular weight excluding hydrogens is 424 g/mol. The van der Waals surface area contributed by atoms with E-state index in [1.54, 1.807) is 29.3 Å². The number of amides is 1. The van der Waals surface area contributed by atoms with Crippen LogP contribution in [0.25, 0.3) is 11.3 Å². The number of pyridine rings is 1. The Kier molecular flexibility index (Phi) is 4.91. The van der Waals surface area contributed by atoms with Crippen molar-refractivity contribution in [1.29, 1.82) is 0 Å². The van der Waals surface area contributed by atoms with Crippen LogP contribution >= 0.6 is 0 Å². The topological polar surface area (TPSA) is 61.0 Å².